The van der Waals surface area contributed by atoms with Gasteiger partial charge >= 0.3 is 0 Å². The molecule has 0 amide bonds. The number of benzene rings is 1. The zero-order valence-electron chi connectivity index (χ0n) is 8.74. The van der Waals surface area contributed by atoms with Crippen LogP contribution in [0.2, 0.25) is 0 Å². The van der Waals surface area contributed by atoms with Gasteiger partial charge in [0.15, 0.2) is 0 Å². The standard InChI is InChI=1S/C11H17OP/c1-11(2,3)13(4,12)10-8-6-5-7-9-10/h5-9H,1-4H3. The van der Waals surface area contributed by atoms with Crippen molar-refractivity contribution < 1.29 is 4.57 Å². The monoisotopic (exact) mass is 196 g/mol. The van der Waals surface area contributed by atoms with Crippen LogP contribution in [-0.4, -0.2) is 11.8 Å². The van der Waals surface area contributed by atoms with E-state index in [4.69, 9.17) is 0 Å². The molecule has 72 valence electrons. The van der Waals surface area contributed by atoms with Crippen molar-refractivity contribution in [2.24, 2.45) is 0 Å². The summed E-state index contributed by atoms with van der Waals surface area (Å²) in [6, 6.07) is 9.73. The lowest BCUT2D eigenvalue weighted by Crippen LogP contribution is -2.22. The summed E-state index contributed by atoms with van der Waals surface area (Å²) in [6.45, 7) is 7.95. The van der Waals surface area contributed by atoms with Crippen LogP contribution in [0.25, 0.3) is 0 Å². The van der Waals surface area contributed by atoms with E-state index in [9.17, 15) is 4.57 Å². The highest BCUT2D eigenvalue weighted by Gasteiger charge is 2.32. The molecule has 1 aromatic rings. The van der Waals surface area contributed by atoms with Crippen LogP contribution in [0.3, 0.4) is 0 Å². The maximum atomic E-state index is 12.4. The first kappa shape index (κ1) is 10.5. The summed E-state index contributed by atoms with van der Waals surface area (Å²) in [6.07, 6.45) is 0. The van der Waals surface area contributed by atoms with Gasteiger partial charge in [-0.05, 0) is 6.66 Å². The van der Waals surface area contributed by atoms with Gasteiger partial charge in [0, 0.05) is 10.5 Å². The minimum Gasteiger partial charge on any atom is -0.318 e. The topological polar surface area (TPSA) is 17.1 Å². The Bertz CT molecular complexity index is 322. The molecular formula is C11H17OP. The Morgan fingerprint density at radius 2 is 1.54 bits per heavy atom. The van der Waals surface area contributed by atoms with Gasteiger partial charge in [-0.25, -0.2) is 0 Å². The first-order valence-corrected chi connectivity index (χ1v) is 6.64. The minimum atomic E-state index is -2.23. The lowest BCUT2D eigenvalue weighted by molar-refractivity contribution is 0.561. The van der Waals surface area contributed by atoms with Gasteiger partial charge in [-0.3, -0.25) is 0 Å². The number of hydrogen-bond acceptors (Lipinski definition) is 1. The third-order valence-corrected chi connectivity index (χ3v) is 6.37. The van der Waals surface area contributed by atoms with Crippen LogP contribution in [0.15, 0.2) is 30.3 Å². The van der Waals surface area contributed by atoms with Crippen LogP contribution in [0.4, 0.5) is 0 Å². The zero-order chi connectivity index (χ0) is 10.1. The van der Waals surface area contributed by atoms with Crippen molar-refractivity contribution in [3.8, 4) is 0 Å². The Labute approximate surface area is 80.5 Å². The van der Waals surface area contributed by atoms with Crippen LogP contribution in [0.1, 0.15) is 20.8 Å². The molecule has 1 unspecified atom stereocenters. The Morgan fingerprint density at radius 1 is 1.08 bits per heavy atom. The second-order valence-corrected chi connectivity index (χ2v) is 8.14. The van der Waals surface area contributed by atoms with Crippen molar-refractivity contribution in [2.75, 3.05) is 6.66 Å². The van der Waals surface area contributed by atoms with Gasteiger partial charge in [-0.15, -0.1) is 0 Å². The largest absolute Gasteiger partial charge is 0.318 e. The predicted molar refractivity (Wildman–Crippen MR) is 59.4 cm³/mol. The zero-order valence-corrected chi connectivity index (χ0v) is 9.64. The van der Waals surface area contributed by atoms with E-state index < -0.39 is 7.14 Å². The second kappa shape index (κ2) is 3.31. The molecule has 0 aliphatic carbocycles. The molecule has 0 fully saturated rings. The first-order valence-electron chi connectivity index (χ1n) is 4.49. The molecule has 1 nitrogen and oxygen atoms in total. The van der Waals surface area contributed by atoms with E-state index in [2.05, 4.69) is 0 Å². The van der Waals surface area contributed by atoms with Crippen LogP contribution in [-0.2, 0) is 4.57 Å². The Morgan fingerprint density at radius 3 is 1.92 bits per heavy atom. The van der Waals surface area contributed by atoms with E-state index in [1.807, 2.05) is 57.8 Å². The van der Waals surface area contributed by atoms with Crippen molar-refractivity contribution in [3.05, 3.63) is 30.3 Å². The summed E-state index contributed by atoms with van der Waals surface area (Å²) in [5.41, 5.74) is 0. The highest BCUT2D eigenvalue weighted by molar-refractivity contribution is 7.72. The van der Waals surface area contributed by atoms with Gasteiger partial charge in [0.2, 0.25) is 0 Å². The summed E-state index contributed by atoms with van der Waals surface area (Å²) < 4.78 is 12.4. The number of hydrogen-bond donors (Lipinski definition) is 0. The maximum absolute atomic E-state index is 12.4. The lowest BCUT2D eigenvalue weighted by atomic mass is 10.3. The van der Waals surface area contributed by atoms with Gasteiger partial charge in [0.25, 0.3) is 0 Å². The van der Waals surface area contributed by atoms with Gasteiger partial charge in [-0.2, -0.15) is 0 Å². The molecule has 0 radical (unpaired) electrons. The first-order chi connectivity index (χ1) is 5.86. The molecule has 2 heteroatoms. The maximum Gasteiger partial charge on any atom is 0.117 e. The molecule has 1 aromatic carbocycles. The fraction of sp³-hybridized carbons (Fsp3) is 0.455. The average molecular weight is 196 g/mol. The molecule has 0 aliphatic rings. The SMILES string of the molecule is CC(C)(C)P(C)(=O)c1ccccc1. The second-order valence-electron chi connectivity index (χ2n) is 4.43. The molecule has 0 heterocycles. The van der Waals surface area contributed by atoms with Gasteiger partial charge in [0.1, 0.15) is 7.14 Å². The van der Waals surface area contributed by atoms with Crippen LogP contribution in [0, 0.1) is 0 Å². The lowest BCUT2D eigenvalue weighted by Gasteiger charge is -2.28. The average Bonchev–Trinajstić information content (AvgIpc) is 2.04. The fourth-order valence-electron chi connectivity index (χ4n) is 1.10. The molecule has 1 atom stereocenters. The molecule has 0 aromatic heterocycles. The highest BCUT2D eigenvalue weighted by Crippen LogP contribution is 2.52. The van der Waals surface area contributed by atoms with E-state index in [0.717, 1.165) is 5.30 Å². The van der Waals surface area contributed by atoms with Crippen molar-refractivity contribution in [2.45, 2.75) is 25.9 Å². The van der Waals surface area contributed by atoms with E-state index in [1.54, 1.807) is 0 Å². The molecule has 1 rings (SSSR count). The smallest absolute Gasteiger partial charge is 0.117 e. The van der Waals surface area contributed by atoms with E-state index in [1.165, 1.54) is 0 Å². The normalized spacial score (nSPS) is 16.6. The van der Waals surface area contributed by atoms with Crippen molar-refractivity contribution in [3.63, 3.8) is 0 Å². The molecule has 0 saturated carbocycles. The van der Waals surface area contributed by atoms with Gasteiger partial charge in [0.05, 0.1) is 0 Å². The molecule has 0 saturated heterocycles. The minimum absolute atomic E-state index is 0.144. The third kappa shape index (κ3) is 2.03. The number of rotatable bonds is 1. The Hall–Kier alpha value is -0.550. The van der Waals surface area contributed by atoms with Crippen molar-refractivity contribution >= 4 is 12.4 Å². The predicted octanol–water partition coefficient (Wildman–Crippen LogP) is 3.10. The summed E-state index contributed by atoms with van der Waals surface area (Å²) in [4.78, 5) is 0. The Kier molecular flexibility index (Phi) is 2.68. The van der Waals surface area contributed by atoms with E-state index >= 15 is 0 Å². The highest BCUT2D eigenvalue weighted by atomic mass is 31.2. The summed E-state index contributed by atoms with van der Waals surface area (Å²) in [5, 5.41) is 0.830. The van der Waals surface area contributed by atoms with Gasteiger partial charge in [-0.1, -0.05) is 51.1 Å². The Balaban J connectivity index is 3.17. The molecule has 0 spiro atoms. The van der Waals surface area contributed by atoms with Crippen LogP contribution < -0.4 is 5.30 Å². The van der Waals surface area contributed by atoms with Crippen molar-refractivity contribution in [1.29, 1.82) is 0 Å². The molecule has 13 heavy (non-hydrogen) atoms. The quantitative estimate of drug-likeness (QED) is 0.631. The third-order valence-electron chi connectivity index (χ3n) is 2.53. The molecule has 0 aliphatic heterocycles. The van der Waals surface area contributed by atoms with Crippen LogP contribution in [0.5, 0.6) is 0 Å². The molecular weight excluding hydrogens is 179 g/mol. The van der Waals surface area contributed by atoms with Crippen molar-refractivity contribution in [1.82, 2.24) is 0 Å². The van der Waals surface area contributed by atoms with E-state index in [-0.39, 0.29) is 5.16 Å². The summed E-state index contributed by atoms with van der Waals surface area (Å²) in [5.74, 6) is 0. The summed E-state index contributed by atoms with van der Waals surface area (Å²) >= 11 is 0. The summed E-state index contributed by atoms with van der Waals surface area (Å²) in [7, 11) is -2.23. The van der Waals surface area contributed by atoms with Crippen LogP contribution >= 0.6 is 7.14 Å². The molecule has 0 bridgehead atoms. The van der Waals surface area contributed by atoms with E-state index in [0.29, 0.717) is 0 Å². The van der Waals surface area contributed by atoms with Gasteiger partial charge < -0.3 is 4.57 Å². The molecule has 0 N–H and O–H groups in total. The fourth-order valence-corrected chi connectivity index (χ4v) is 2.62.